The molecule has 0 fully saturated rings. The number of aromatic nitrogens is 1. The number of nitrogens with zero attached hydrogens (tertiary/aromatic N) is 1. The maximum atomic E-state index is 12.8. The van der Waals surface area contributed by atoms with Crippen molar-refractivity contribution in [3.05, 3.63) is 52.3 Å². The first-order chi connectivity index (χ1) is 13.3. The van der Waals surface area contributed by atoms with Crippen LogP contribution < -0.4 is 15.4 Å². The van der Waals surface area contributed by atoms with Crippen LogP contribution >= 0.6 is 11.6 Å². The highest BCUT2D eigenvalue weighted by Gasteiger charge is 2.18. The lowest BCUT2D eigenvalue weighted by atomic mass is 10.1. The van der Waals surface area contributed by atoms with Gasteiger partial charge in [0.15, 0.2) is 0 Å². The molecule has 0 aliphatic carbocycles. The number of methoxy groups -OCH3 is 1. The molecule has 0 aliphatic heterocycles. The van der Waals surface area contributed by atoms with Gasteiger partial charge in [0, 0.05) is 21.4 Å². The fourth-order valence-electron chi connectivity index (χ4n) is 1.91. The molecule has 7 heteroatoms. The number of aryl methyl sites for hydroxylation is 1. The van der Waals surface area contributed by atoms with Gasteiger partial charge in [-0.2, -0.15) is 0 Å². The van der Waals surface area contributed by atoms with Crippen molar-refractivity contribution in [2.75, 3.05) is 19.4 Å². The van der Waals surface area contributed by atoms with E-state index < -0.39 is 25.6 Å². The van der Waals surface area contributed by atoms with Crippen LogP contribution in [0, 0.1) is 6.85 Å². The van der Waals surface area contributed by atoms with Crippen molar-refractivity contribution >= 4 is 29.1 Å². The first-order valence-electron chi connectivity index (χ1n) is 9.30. The molecule has 0 aliphatic rings. The maximum absolute atomic E-state index is 12.8. The summed E-state index contributed by atoms with van der Waals surface area (Å²) in [5.74, 6) is -1.95. The molecular formula is C16H16ClN3O3. The number of halogens is 1. The molecule has 6 nitrogen and oxygen atoms in total. The van der Waals surface area contributed by atoms with Crippen LogP contribution in [0.15, 0.2) is 30.5 Å². The summed E-state index contributed by atoms with van der Waals surface area (Å²) < 4.78 is 49.2. The number of amides is 2. The van der Waals surface area contributed by atoms with Crippen molar-refractivity contribution < 1.29 is 22.6 Å². The summed E-state index contributed by atoms with van der Waals surface area (Å²) in [6, 6.07) is 5.18. The lowest BCUT2D eigenvalue weighted by Gasteiger charge is -2.13. The number of pyridine rings is 1. The number of rotatable bonds is 4. The monoisotopic (exact) mass is 339 g/mol. The number of ether oxygens (including phenoxy) is 1. The molecule has 0 radical (unpaired) electrons. The third-order valence-electron chi connectivity index (χ3n) is 2.94. The summed E-state index contributed by atoms with van der Waals surface area (Å²) in [4.78, 5) is 28.7. The molecule has 0 saturated heterocycles. The molecule has 1 heterocycles. The highest BCUT2D eigenvalue weighted by Crippen LogP contribution is 2.25. The minimum atomic E-state index is -2.75. The van der Waals surface area contributed by atoms with Crippen molar-refractivity contribution in [1.29, 1.82) is 0 Å². The molecule has 23 heavy (non-hydrogen) atoms. The van der Waals surface area contributed by atoms with Gasteiger partial charge in [-0.1, -0.05) is 23.7 Å². The van der Waals surface area contributed by atoms with Crippen LogP contribution in [0.5, 0.6) is 5.75 Å². The molecule has 0 saturated carbocycles. The number of hydrogen-bond donors (Lipinski definition) is 2. The Bertz CT molecular complexity index is 946. The van der Waals surface area contributed by atoms with Gasteiger partial charge >= 0.3 is 0 Å². The van der Waals surface area contributed by atoms with Crippen LogP contribution in [0.2, 0.25) is 5.15 Å². The van der Waals surface area contributed by atoms with E-state index in [9.17, 15) is 9.59 Å². The molecule has 2 amide bonds. The normalized spacial score (nSPS) is 15.0. The van der Waals surface area contributed by atoms with Gasteiger partial charge in [-0.15, -0.1) is 0 Å². The lowest BCUT2D eigenvalue weighted by molar-refractivity contribution is 0.0963. The summed E-state index contributed by atoms with van der Waals surface area (Å²) in [6.07, 6.45) is 1.01. The van der Waals surface area contributed by atoms with Crippen molar-refractivity contribution in [3.63, 3.8) is 0 Å². The summed E-state index contributed by atoms with van der Waals surface area (Å²) >= 11 is 5.82. The second-order valence-electron chi connectivity index (χ2n) is 4.35. The maximum Gasteiger partial charge on any atom is 0.259 e. The van der Waals surface area contributed by atoms with Gasteiger partial charge in [0.05, 0.1) is 23.9 Å². The molecule has 2 N–H and O–H groups in total. The van der Waals surface area contributed by atoms with Crippen LogP contribution in [0.3, 0.4) is 0 Å². The standard InChI is InChI=1S/C16H16ClN3O3/c1-9-5-4-6-10(14(9)23-3)16(22)20-12-7-13(17)19-8-11(12)15(21)18-2/h4-8H,1-3H3,(H,18,21)(H,19,20,22)/i1D3,2D3. The van der Waals surface area contributed by atoms with E-state index in [1.165, 1.54) is 25.3 Å². The molecule has 120 valence electrons. The Morgan fingerprint density at radius 3 is 2.83 bits per heavy atom. The molecular weight excluding hydrogens is 318 g/mol. The number of para-hydroxylation sites is 1. The molecule has 0 unspecified atom stereocenters. The molecule has 0 bridgehead atoms. The third-order valence-corrected chi connectivity index (χ3v) is 3.15. The quantitative estimate of drug-likeness (QED) is 0.839. The minimum absolute atomic E-state index is 0.0612. The molecule has 2 rings (SSSR count). The second kappa shape index (κ2) is 7.11. The van der Waals surface area contributed by atoms with E-state index in [4.69, 9.17) is 24.6 Å². The summed E-state index contributed by atoms with van der Waals surface area (Å²) in [5.41, 5.74) is -0.625. The van der Waals surface area contributed by atoms with Crippen LogP contribution in [-0.2, 0) is 0 Å². The number of nitrogens with one attached hydrogen (secondary N) is 2. The molecule has 1 aromatic carbocycles. The molecule has 1 aromatic heterocycles. The molecule has 2 aromatic rings. The zero-order chi connectivity index (χ0) is 22.0. The number of benzene rings is 1. The fourth-order valence-corrected chi connectivity index (χ4v) is 2.06. The predicted molar refractivity (Wildman–Crippen MR) is 88.3 cm³/mol. The Kier molecular flexibility index (Phi) is 3.16. The molecule has 0 spiro atoms. The van der Waals surface area contributed by atoms with Gasteiger partial charge in [-0.25, -0.2) is 4.98 Å². The van der Waals surface area contributed by atoms with Crippen molar-refractivity contribution in [2.24, 2.45) is 0 Å². The summed E-state index contributed by atoms with van der Waals surface area (Å²) in [5, 5.41) is 4.14. The topological polar surface area (TPSA) is 80.3 Å². The fraction of sp³-hybridized carbons (Fsp3) is 0.188. The highest BCUT2D eigenvalue weighted by atomic mass is 35.5. The van der Waals surface area contributed by atoms with E-state index in [1.54, 1.807) is 5.32 Å². The van der Waals surface area contributed by atoms with Gasteiger partial charge in [-0.05, 0) is 24.5 Å². The van der Waals surface area contributed by atoms with Crippen molar-refractivity contribution in [3.8, 4) is 5.75 Å². The Morgan fingerprint density at radius 2 is 2.13 bits per heavy atom. The first kappa shape index (κ1) is 10.2. The van der Waals surface area contributed by atoms with E-state index in [1.807, 2.05) is 0 Å². The Labute approximate surface area is 147 Å². The van der Waals surface area contributed by atoms with Gasteiger partial charge in [-0.3, -0.25) is 9.59 Å². The predicted octanol–water partition coefficient (Wildman–Crippen LogP) is 2.66. The Balaban J connectivity index is 2.44. The van der Waals surface area contributed by atoms with E-state index >= 15 is 0 Å². The zero-order valence-electron chi connectivity index (χ0n) is 17.9. The summed E-state index contributed by atoms with van der Waals surface area (Å²) in [7, 11) is 1.22. The van der Waals surface area contributed by atoms with Crippen molar-refractivity contribution in [2.45, 2.75) is 6.85 Å². The number of anilines is 1. The van der Waals surface area contributed by atoms with Gasteiger partial charge in [0.2, 0.25) is 0 Å². The van der Waals surface area contributed by atoms with Crippen molar-refractivity contribution in [1.82, 2.24) is 10.3 Å². The number of hydrogen-bond acceptors (Lipinski definition) is 4. The van der Waals surface area contributed by atoms with Crippen LogP contribution in [0.4, 0.5) is 5.69 Å². The Morgan fingerprint density at radius 1 is 1.30 bits per heavy atom. The van der Waals surface area contributed by atoms with E-state index in [2.05, 4.69) is 10.3 Å². The first-order valence-corrected chi connectivity index (χ1v) is 6.68. The lowest BCUT2D eigenvalue weighted by Crippen LogP contribution is -2.22. The van der Waals surface area contributed by atoms with E-state index in [0.29, 0.717) is 0 Å². The smallest absolute Gasteiger partial charge is 0.259 e. The largest absolute Gasteiger partial charge is 0.496 e. The van der Waals surface area contributed by atoms with E-state index in [-0.39, 0.29) is 33.3 Å². The highest BCUT2D eigenvalue weighted by molar-refractivity contribution is 6.30. The van der Waals surface area contributed by atoms with Crippen LogP contribution in [-0.4, -0.2) is 30.9 Å². The third kappa shape index (κ3) is 3.60. The average molecular weight is 340 g/mol. The SMILES string of the molecule is [2H]C([2H])([2H])NC(=O)c1cnc(Cl)cc1NC(=O)c1cccc(C([2H])([2H])[2H])c1OC. The number of carbonyl (C=O) groups is 2. The zero-order valence-corrected chi connectivity index (χ0v) is 12.7. The van der Waals surface area contributed by atoms with Crippen LogP contribution in [0.1, 0.15) is 34.5 Å². The van der Waals surface area contributed by atoms with E-state index in [0.717, 1.165) is 12.3 Å². The molecule has 0 atom stereocenters. The van der Waals surface area contributed by atoms with Gasteiger partial charge in [0.1, 0.15) is 10.9 Å². The Hall–Kier alpha value is -2.60. The second-order valence-corrected chi connectivity index (χ2v) is 4.73. The minimum Gasteiger partial charge on any atom is -0.496 e. The number of carbonyl (C=O) groups excluding carboxylic acids is 2. The van der Waals surface area contributed by atoms with Crippen LogP contribution in [0.25, 0.3) is 0 Å². The van der Waals surface area contributed by atoms with Gasteiger partial charge < -0.3 is 15.4 Å². The average Bonchev–Trinajstić information content (AvgIpc) is 2.58. The van der Waals surface area contributed by atoms with Gasteiger partial charge in [0.25, 0.3) is 11.8 Å². The summed E-state index contributed by atoms with van der Waals surface area (Å²) in [6.45, 7) is -5.28.